The quantitative estimate of drug-likeness (QED) is 0.364. The zero-order valence-electron chi connectivity index (χ0n) is 17.4. The highest BCUT2D eigenvalue weighted by Crippen LogP contribution is 2.38. The zero-order valence-corrected chi connectivity index (χ0v) is 17.4. The number of alkyl halides is 3. The number of anilines is 1. The number of para-hydroxylation sites is 1. The second kappa shape index (κ2) is 8.78. The molecule has 1 amide bonds. The molecule has 0 heterocycles. The van der Waals surface area contributed by atoms with Crippen molar-refractivity contribution >= 4 is 28.3 Å². The highest BCUT2D eigenvalue weighted by Gasteiger charge is 2.39. The summed E-state index contributed by atoms with van der Waals surface area (Å²) in [6.45, 7) is 0. The maximum atomic E-state index is 12.9. The van der Waals surface area contributed by atoms with E-state index in [-0.39, 0.29) is 5.69 Å². The number of amides is 1. The van der Waals surface area contributed by atoms with E-state index in [1.54, 1.807) is 48.5 Å². The van der Waals surface area contributed by atoms with Crippen LogP contribution in [-0.2, 0) is 9.53 Å². The normalized spacial score (nSPS) is 11.3. The van der Waals surface area contributed by atoms with Crippen LogP contribution >= 0.6 is 0 Å². The molecule has 0 saturated heterocycles. The lowest BCUT2D eigenvalue weighted by molar-refractivity contribution is -0.167. The van der Waals surface area contributed by atoms with Gasteiger partial charge in [-0.05, 0) is 51.7 Å². The molecule has 0 spiro atoms. The van der Waals surface area contributed by atoms with E-state index in [1.165, 1.54) is 13.2 Å². The van der Waals surface area contributed by atoms with Gasteiger partial charge in [0.05, 0.1) is 12.7 Å². The van der Waals surface area contributed by atoms with Crippen LogP contribution in [0.25, 0.3) is 33.0 Å². The Morgan fingerprint density at radius 1 is 0.788 bits per heavy atom. The summed E-state index contributed by atoms with van der Waals surface area (Å²) >= 11 is 0. The van der Waals surface area contributed by atoms with Gasteiger partial charge < -0.3 is 10.1 Å². The minimum atomic E-state index is -5.02. The second-order valence-corrected chi connectivity index (χ2v) is 7.28. The van der Waals surface area contributed by atoms with Gasteiger partial charge in [-0.1, -0.05) is 60.7 Å². The monoisotopic (exact) mass is 449 g/mol. The van der Waals surface area contributed by atoms with Crippen molar-refractivity contribution in [3.8, 4) is 22.3 Å². The van der Waals surface area contributed by atoms with Gasteiger partial charge in [0, 0.05) is 11.3 Å². The van der Waals surface area contributed by atoms with Crippen molar-refractivity contribution in [3.05, 3.63) is 90.5 Å². The van der Waals surface area contributed by atoms with Crippen molar-refractivity contribution < 1.29 is 27.5 Å². The molecule has 0 radical (unpaired) electrons. The minimum absolute atomic E-state index is 0.0309. The summed E-state index contributed by atoms with van der Waals surface area (Å²) in [6.07, 6.45) is -5.02. The number of nitrogens with one attached hydrogen (secondary N) is 1. The molecule has 166 valence electrons. The molecule has 1 N–H and O–H groups in total. The van der Waals surface area contributed by atoms with Crippen molar-refractivity contribution in [3.63, 3.8) is 0 Å². The molecule has 0 bridgehead atoms. The van der Waals surface area contributed by atoms with Gasteiger partial charge in [0.1, 0.15) is 0 Å². The Morgan fingerprint density at radius 3 is 2.15 bits per heavy atom. The number of rotatable bonds is 4. The first-order chi connectivity index (χ1) is 15.8. The van der Waals surface area contributed by atoms with Gasteiger partial charge in [0.2, 0.25) is 0 Å². The first-order valence-corrected chi connectivity index (χ1v) is 9.97. The minimum Gasteiger partial charge on any atom is -0.465 e. The van der Waals surface area contributed by atoms with Crippen molar-refractivity contribution in [2.75, 3.05) is 12.4 Å². The Bertz CT molecular complexity index is 1360. The third-order valence-electron chi connectivity index (χ3n) is 5.23. The number of esters is 1. The molecular weight excluding hydrogens is 431 g/mol. The van der Waals surface area contributed by atoms with E-state index < -0.39 is 18.1 Å². The van der Waals surface area contributed by atoms with Crippen LogP contribution in [-0.4, -0.2) is 25.2 Å². The lowest BCUT2D eigenvalue weighted by Gasteiger charge is -2.16. The van der Waals surface area contributed by atoms with Crippen molar-refractivity contribution in [1.82, 2.24) is 0 Å². The number of hydrogen-bond donors (Lipinski definition) is 1. The summed E-state index contributed by atoms with van der Waals surface area (Å²) < 4.78 is 43.6. The third kappa shape index (κ3) is 4.43. The standard InChI is InChI=1S/C26H18F3NO3/c1-33-24(31)21-12-5-4-10-19(21)17-14-16-8-2-3-9-18(16)22(15-17)20-11-6-7-13-23(20)30-25(32)26(27,28)29/h2-15H,1H3,(H,30,32). The molecule has 0 unspecified atom stereocenters. The van der Waals surface area contributed by atoms with E-state index in [2.05, 4.69) is 0 Å². The first kappa shape index (κ1) is 22.1. The molecular formula is C26H18F3NO3. The molecule has 4 nitrogen and oxygen atoms in total. The number of carbonyl (C=O) groups is 2. The molecule has 0 aliphatic carbocycles. The molecule has 0 aromatic heterocycles. The molecule has 0 fully saturated rings. The van der Waals surface area contributed by atoms with Gasteiger partial charge in [0.15, 0.2) is 0 Å². The summed E-state index contributed by atoms with van der Waals surface area (Å²) in [6, 6.07) is 24.3. The van der Waals surface area contributed by atoms with Gasteiger partial charge >= 0.3 is 18.1 Å². The second-order valence-electron chi connectivity index (χ2n) is 7.28. The predicted molar refractivity (Wildman–Crippen MR) is 121 cm³/mol. The number of carbonyl (C=O) groups excluding carboxylic acids is 2. The first-order valence-electron chi connectivity index (χ1n) is 9.97. The lowest BCUT2D eigenvalue weighted by Crippen LogP contribution is -2.30. The summed E-state index contributed by atoms with van der Waals surface area (Å²) in [5.74, 6) is -2.55. The van der Waals surface area contributed by atoms with Crippen LogP contribution in [0.3, 0.4) is 0 Å². The number of benzene rings is 4. The lowest BCUT2D eigenvalue weighted by atomic mass is 9.90. The maximum absolute atomic E-state index is 12.9. The number of fused-ring (bicyclic) bond motifs is 1. The molecule has 0 atom stereocenters. The van der Waals surface area contributed by atoms with Crippen LogP contribution in [0, 0.1) is 0 Å². The highest BCUT2D eigenvalue weighted by molar-refractivity contribution is 6.07. The average molecular weight is 449 g/mol. The highest BCUT2D eigenvalue weighted by atomic mass is 19.4. The molecule has 0 aliphatic rings. The van der Waals surface area contributed by atoms with Gasteiger partial charge in [0.25, 0.3) is 0 Å². The van der Waals surface area contributed by atoms with Crippen LogP contribution < -0.4 is 5.32 Å². The molecule has 4 aromatic rings. The molecule has 7 heteroatoms. The summed E-state index contributed by atoms with van der Waals surface area (Å²) in [5.41, 5.74) is 2.72. The SMILES string of the molecule is COC(=O)c1ccccc1-c1cc(-c2ccccc2NC(=O)C(F)(F)F)c2ccccc2c1. The van der Waals surface area contributed by atoms with Crippen LogP contribution in [0.1, 0.15) is 10.4 Å². The number of ether oxygens (including phenoxy) is 1. The Labute approximate surface area is 187 Å². The van der Waals surface area contributed by atoms with Gasteiger partial charge in [-0.3, -0.25) is 4.79 Å². The van der Waals surface area contributed by atoms with Crippen LogP contribution in [0.5, 0.6) is 0 Å². The molecule has 0 aliphatic heterocycles. The zero-order chi connectivity index (χ0) is 23.6. The van der Waals surface area contributed by atoms with Crippen molar-refractivity contribution in [2.45, 2.75) is 6.18 Å². The van der Waals surface area contributed by atoms with E-state index >= 15 is 0 Å². The molecule has 4 aromatic carbocycles. The summed E-state index contributed by atoms with van der Waals surface area (Å²) in [7, 11) is 1.30. The molecule has 33 heavy (non-hydrogen) atoms. The topological polar surface area (TPSA) is 55.4 Å². The largest absolute Gasteiger partial charge is 0.471 e. The van der Waals surface area contributed by atoms with E-state index in [9.17, 15) is 22.8 Å². The van der Waals surface area contributed by atoms with Crippen LogP contribution in [0.4, 0.5) is 18.9 Å². The van der Waals surface area contributed by atoms with Crippen LogP contribution in [0.2, 0.25) is 0 Å². The Kier molecular flexibility index (Phi) is 5.87. The Balaban J connectivity index is 1.95. The fourth-order valence-electron chi connectivity index (χ4n) is 3.73. The van der Waals surface area contributed by atoms with Gasteiger partial charge in [-0.25, -0.2) is 4.79 Å². The Morgan fingerprint density at radius 2 is 1.42 bits per heavy atom. The maximum Gasteiger partial charge on any atom is 0.471 e. The van der Waals surface area contributed by atoms with E-state index in [4.69, 9.17) is 4.74 Å². The molecule has 4 rings (SSSR count). The summed E-state index contributed by atoms with van der Waals surface area (Å²) in [5, 5.41) is 3.58. The fourth-order valence-corrected chi connectivity index (χ4v) is 3.73. The van der Waals surface area contributed by atoms with Crippen molar-refractivity contribution in [2.24, 2.45) is 0 Å². The van der Waals surface area contributed by atoms with E-state index in [0.29, 0.717) is 27.8 Å². The van der Waals surface area contributed by atoms with E-state index in [0.717, 1.165) is 10.8 Å². The summed E-state index contributed by atoms with van der Waals surface area (Å²) in [4.78, 5) is 24.0. The third-order valence-corrected chi connectivity index (χ3v) is 5.23. The molecule has 0 saturated carbocycles. The number of hydrogen-bond acceptors (Lipinski definition) is 3. The fraction of sp³-hybridized carbons (Fsp3) is 0.0769. The number of methoxy groups -OCH3 is 1. The average Bonchev–Trinajstić information content (AvgIpc) is 2.82. The van der Waals surface area contributed by atoms with Gasteiger partial charge in [-0.15, -0.1) is 0 Å². The van der Waals surface area contributed by atoms with Crippen LogP contribution in [0.15, 0.2) is 84.9 Å². The number of halogens is 3. The van der Waals surface area contributed by atoms with Crippen molar-refractivity contribution in [1.29, 1.82) is 0 Å². The van der Waals surface area contributed by atoms with Gasteiger partial charge in [-0.2, -0.15) is 13.2 Å². The smallest absolute Gasteiger partial charge is 0.465 e. The Hall–Kier alpha value is -4.13. The predicted octanol–water partition coefficient (Wildman–Crippen LogP) is 6.46. The van der Waals surface area contributed by atoms with E-state index in [1.807, 2.05) is 35.6 Å².